The Morgan fingerprint density at radius 1 is 1.33 bits per heavy atom. The van der Waals surface area contributed by atoms with Crippen LogP contribution in [0.1, 0.15) is 36.7 Å². The number of nitrogens with zero attached hydrogens (tertiary/aromatic N) is 5. The number of amides is 2. The highest BCUT2D eigenvalue weighted by Crippen LogP contribution is 2.22. The highest BCUT2D eigenvalue weighted by atomic mass is 16.3. The van der Waals surface area contributed by atoms with Crippen molar-refractivity contribution in [3.05, 3.63) is 59.7 Å². The molecule has 0 bridgehead atoms. The van der Waals surface area contributed by atoms with Gasteiger partial charge < -0.3 is 9.32 Å². The van der Waals surface area contributed by atoms with E-state index in [9.17, 15) is 4.79 Å². The Balaban J connectivity index is 1.42. The second kappa shape index (κ2) is 7.22. The van der Waals surface area contributed by atoms with E-state index < -0.39 is 0 Å². The summed E-state index contributed by atoms with van der Waals surface area (Å²) in [6.07, 6.45) is 5.95. The van der Waals surface area contributed by atoms with Crippen LogP contribution in [0.2, 0.25) is 0 Å². The van der Waals surface area contributed by atoms with E-state index in [1.54, 1.807) is 28.1 Å². The first-order chi connectivity index (χ1) is 13.1. The minimum atomic E-state index is -0.181. The van der Waals surface area contributed by atoms with Gasteiger partial charge in [0.05, 0.1) is 31.2 Å². The zero-order valence-corrected chi connectivity index (χ0v) is 15.4. The summed E-state index contributed by atoms with van der Waals surface area (Å²) in [4.78, 5) is 23.5. The summed E-state index contributed by atoms with van der Waals surface area (Å²) in [7, 11) is 0. The van der Waals surface area contributed by atoms with Gasteiger partial charge in [0, 0.05) is 24.2 Å². The van der Waals surface area contributed by atoms with Gasteiger partial charge in [0.1, 0.15) is 23.9 Å². The second-order valence-corrected chi connectivity index (χ2v) is 7.10. The summed E-state index contributed by atoms with van der Waals surface area (Å²) in [5, 5.41) is 7.17. The Morgan fingerprint density at radius 2 is 2.22 bits per heavy atom. The lowest BCUT2D eigenvalue weighted by Gasteiger charge is -2.16. The van der Waals surface area contributed by atoms with Crippen molar-refractivity contribution in [2.24, 2.45) is 5.92 Å². The molecule has 0 unspecified atom stereocenters. The molecule has 0 fully saturated rings. The zero-order chi connectivity index (χ0) is 18.8. The number of rotatable bonds is 5. The number of carbonyl (C=O) groups is 1. The molecule has 27 heavy (non-hydrogen) atoms. The molecule has 0 atom stereocenters. The number of furan rings is 1. The van der Waals surface area contributed by atoms with Crippen LogP contribution in [0.25, 0.3) is 0 Å². The molecule has 0 radical (unpaired) electrons. The van der Waals surface area contributed by atoms with Gasteiger partial charge in [-0.05, 0) is 18.1 Å². The Bertz CT molecular complexity index is 932. The van der Waals surface area contributed by atoms with Gasteiger partial charge in [0.25, 0.3) is 0 Å². The first-order valence-electron chi connectivity index (χ1n) is 9.02. The molecule has 0 aromatic carbocycles. The van der Waals surface area contributed by atoms with Crippen molar-refractivity contribution >= 4 is 11.8 Å². The topological polar surface area (TPSA) is 89.1 Å². The van der Waals surface area contributed by atoms with E-state index in [2.05, 4.69) is 34.2 Å². The quantitative estimate of drug-likeness (QED) is 0.750. The predicted molar refractivity (Wildman–Crippen MR) is 98.9 cm³/mol. The number of hydrogen-bond acceptors (Lipinski definition) is 5. The molecule has 1 aliphatic heterocycles. The monoisotopic (exact) mass is 366 g/mol. The summed E-state index contributed by atoms with van der Waals surface area (Å²) < 4.78 is 7.04. The molecule has 4 heterocycles. The highest BCUT2D eigenvalue weighted by molar-refractivity contribution is 5.88. The molecule has 2 amide bonds. The van der Waals surface area contributed by atoms with Gasteiger partial charge in [-0.2, -0.15) is 5.10 Å². The third-order valence-electron chi connectivity index (χ3n) is 4.42. The number of anilines is 1. The molecular weight excluding hydrogens is 344 g/mol. The first kappa shape index (κ1) is 17.3. The first-order valence-corrected chi connectivity index (χ1v) is 9.02. The maximum atomic E-state index is 12.7. The fraction of sp³-hybridized carbons (Fsp3) is 0.368. The molecule has 0 saturated carbocycles. The molecule has 0 saturated heterocycles. The van der Waals surface area contributed by atoms with Crippen molar-refractivity contribution in [3.63, 3.8) is 0 Å². The Morgan fingerprint density at radius 3 is 3.00 bits per heavy atom. The minimum Gasteiger partial charge on any atom is -0.467 e. The average molecular weight is 366 g/mol. The van der Waals surface area contributed by atoms with Crippen LogP contribution in [0, 0.1) is 5.92 Å². The maximum Gasteiger partial charge on any atom is 0.323 e. The van der Waals surface area contributed by atoms with Crippen molar-refractivity contribution in [2.45, 2.75) is 39.9 Å². The van der Waals surface area contributed by atoms with E-state index in [0.29, 0.717) is 31.4 Å². The molecule has 1 N–H and O–H groups in total. The molecule has 8 heteroatoms. The van der Waals surface area contributed by atoms with Crippen LogP contribution < -0.4 is 5.32 Å². The fourth-order valence-corrected chi connectivity index (χ4v) is 3.11. The van der Waals surface area contributed by atoms with E-state index in [1.165, 1.54) is 0 Å². The van der Waals surface area contributed by atoms with Crippen LogP contribution in [0.5, 0.6) is 0 Å². The molecule has 3 aromatic rings. The number of nitrogens with one attached hydrogen (secondary N) is 1. The number of carbonyl (C=O) groups excluding carboxylic acids is 1. The van der Waals surface area contributed by atoms with E-state index in [0.717, 1.165) is 29.3 Å². The molecule has 3 aromatic heterocycles. The molecule has 8 nitrogen and oxygen atoms in total. The van der Waals surface area contributed by atoms with Gasteiger partial charge in [-0.25, -0.2) is 19.4 Å². The van der Waals surface area contributed by atoms with E-state index in [4.69, 9.17) is 4.42 Å². The summed E-state index contributed by atoms with van der Waals surface area (Å²) in [6, 6.07) is 5.29. The zero-order valence-electron chi connectivity index (χ0n) is 15.4. The smallest absolute Gasteiger partial charge is 0.323 e. The number of fused-ring (bicyclic) bond motifs is 1. The van der Waals surface area contributed by atoms with Crippen LogP contribution in [-0.4, -0.2) is 30.7 Å². The van der Waals surface area contributed by atoms with Crippen LogP contribution in [0.4, 0.5) is 10.6 Å². The van der Waals surface area contributed by atoms with Crippen LogP contribution in [0.15, 0.2) is 41.3 Å². The number of urea groups is 1. The van der Waals surface area contributed by atoms with Gasteiger partial charge in [0.2, 0.25) is 0 Å². The van der Waals surface area contributed by atoms with Crippen molar-refractivity contribution in [1.82, 2.24) is 24.6 Å². The molecule has 4 rings (SSSR count). The fourth-order valence-electron chi connectivity index (χ4n) is 3.11. The average Bonchev–Trinajstić information content (AvgIpc) is 3.36. The van der Waals surface area contributed by atoms with Crippen molar-refractivity contribution in [2.75, 3.05) is 5.32 Å². The summed E-state index contributed by atoms with van der Waals surface area (Å²) in [5.41, 5.74) is 1.93. The van der Waals surface area contributed by atoms with E-state index >= 15 is 0 Å². The van der Waals surface area contributed by atoms with Crippen molar-refractivity contribution in [3.8, 4) is 0 Å². The summed E-state index contributed by atoms with van der Waals surface area (Å²) >= 11 is 0. The molecular formula is C19H22N6O2. The number of aromatic nitrogens is 4. The molecule has 0 aliphatic carbocycles. The predicted octanol–water partition coefficient (Wildman–Crippen LogP) is 3.06. The number of hydrogen-bond donors (Lipinski definition) is 1. The van der Waals surface area contributed by atoms with Gasteiger partial charge in [0.15, 0.2) is 0 Å². The third kappa shape index (κ3) is 3.84. The van der Waals surface area contributed by atoms with Crippen molar-refractivity contribution in [1.29, 1.82) is 0 Å². The van der Waals surface area contributed by atoms with Gasteiger partial charge in [-0.15, -0.1) is 0 Å². The summed E-state index contributed by atoms with van der Waals surface area (Å²) in [5.74, 6) is 2.73. The van der Waals surface area contributed by atoms with Crippen LogP contribution >= 0.6 is 0 Å². The van der Waals surface area contributed by atoms with E-state index in [1.807, 2.05) is 18.3 Å². The van der Waals surface area contributed by atoms with Gasteiger partial charge in [-0.1, -0.05) is 13.8 Å². The van der Waals surface area contributed by atoms with Gasteiger partial charge >= 0.3 is 6.03 Å². The van der Waals surface area contributed by atoms with Crippen molar-refractivity contribution < 1.29 is 9.21 Å². The Kier molecular flexibility index (Phi) is 4.62. The third-order valence-corrected chi connectivity index (χ3v) is 4.42. The van der Waals surface area contributed by atoms with Crippen LogP contribution in [0.3, 0.4) is 0 Å². The molecule has 0 spiro atoms. The largest absolute Gasteiger partial charge is 0.467 e. The highest BCUT2D eigenvalue weighted by Gasteiger charge is 2.26. The van der Waals surface area contributed by atoms with Gasteiger partial charge in [-0.3, -0.25) is 5.32 Å². The lowest BCUT2D eigenvalue weighted by atomic mass is 10.1. The summed E-state index contributed by atoms with van der Waals surface area (Å²) in [6.45, 7) is 5.74. The normalized spacial score (nSPS) is 13.2. The lowest BCUT2D eigenvalue weighted by Crippen LogP contribution is -2.31. The maximum absolute atomic E-state index is 12.7. The SMILES string of the molecule is CC(C)Cc1ncc2c(n1)CN(C(=O)Nc1ccnn1Cc1ccco1)C2. The molecule has 140 valence electrons. The Hall–Kier alpha value is -3.16. The standard InChI is InChI=1S/C19H22N6O2/c1-13(2)8-17-20-9-14-10-24(12-16(14)22-17)19(26)23-18-5-6-21-25(18)11-15-4-3-7-27-15/h3-7,9,13H,8,10-12H2,1-2H3,(H,23,26). The lowest BCUT2D eigenvalue weighted by molar-refractivity contribution is 0.212. The minimum absolute atomic E-state index is 0.181. The van der Waals surface area contributed by atoms with Crippen LogP contribution in [-0.2, 0) is 26.1 Å². The molecule has 1 aliphatic rings. The van der Waals surface area contributed by atoms with E-state index in [-0.39, 0.29) is 6.03 Å². The second-order valence-electron chi connectivity index (χ2n) is 7.10. The Labute approximate surface area is 157 Å².